The first-order valence-corrected chi connectivity index (χ1v) is 5.88. The van der Waals surface area contributed by atoms with Crippen LogP contribution in [0.2, 0.25) is 5.02 Å². The Kier molecular flexibility index (Phi) is 3.44. The molecule has 0 unspecified atom stereocenters. The molecular weight excluding hydrogens is 226 g/mol. The van der Waals surface area contributed by atoms with E-state index in [2.05, 4.69) is 4.98 Å². The molecule has 16 heavy (non-hydrogen) atoms. The first-order chi connectivity index (χ1) is 7.68. The topological polar surface area (TPSA) is 39.2 Å². The third-order valence-corrected chi connectivity index (χ3v) is 3.18. The average molecular weight is 240 g/mol. The SMILES string of the molecule is CC(=O)c1ccnc(OC2CCCC2)c1Cl. The summed E-state index contributed by atoms with van der Waals surface area (Å²) < 4.78 is 5.70. The number of halogens is 1. The largest absolute Gasteiger partial charge is 0.473 e. The third kappa shape index (κ3) is 2.35. The van der Waals surface area contributed by atoms with Crippen LogP contribution in [0.4, 0.5) is 0 Å². The zero-order valence-electron chi connectivity index (χ0n) is 9.20. The molecule has 0 bridgehead atoms. The molecule has 1 aliphatic carbocycles. The van der Waals surface area contributed by atoms with E-state index in [0.717, 1.165) is 12.8 Å². The van der Waals surface area contributed by atoms with Gasteiger partial charge in [-0.15, -0.1) is 0 Å². The van der Waals surface area contributed by atoms with Crippen LogP contribution in [0, 0.1) is 0 Å². The van der Waals surface area contributed by atoms with Crippen molar-refractivity contribution in [1.29, 1.82) is 0 Å². The highest BCUT2D eigenvalue weighted by Gasteiger charge is 2.20. The lowest BCUT2D eigenvalue weighted by Crippen LogP contribution is -2.12. The van der Waals surface area contributed by atoms with Crippen LogP contribution in [0.3, 0.4) is 0 Å². The summed E-state index contributed by atoms with van der Waals surface area (Å²) in [6.07, 6.45) is 6.23. The number of pyridine rings is 1. The number of nitrogens with zero attached hydrogens (tertiary/aromatic N) is 1. The second-order valence-electron chi connectivity index (χ2n) is 4.06. The average Bonchev–Trinajstić information content (AvgIpc) is 2.73. The van der Waals surface area contributed by atoms with Gasteiger partial charge in [0.2, 0.25) is 5.88 Å². The van der Waals surface area contributed by atoms with Gasteiger partial charge >= 0.3 is 0 Å². The molecule has 2 rings (SSSR count). The Morgan fingerprint density at radius 1 is 1.50 bits per heavy atom. The van der Waals surface area contributed by atoms with Crippen LogP contribution in [0.15, 0.2) is 12.3 Å². The van der Waals surface area contributed by atoms with Crippen molar-refractivity contribution in [2.75, 3.05) is 0 Å². The van der Waals surface area contributed by atoms with Crippen molar-refractivity contribution in [3.05, 3.63) is 22.8 Å². The summed E-state index contributed by atoms with van der Waals surface area (Å²) in [5.74, 6) is 0.324. The van der Waals surface area contributed by atoms with E-state index in [4.69, 9.17) is 16.3 Å². The molecule has 1 aromatic rings. The summed E-state index contributed by atoms with van der Waals surface area (Å²) >= 11 is 6.07. The highest BCUT2D eigenvalue weighted by Crippen LogP contribution is 2.30. The van der Waals surface area contributed by atoms with Gasteiger partial charge in [-0.2, -0.15) is 0 Å². The molecule has 0 saturated heterocycles. The number of hydrogen-bond acceptors (Lipinski definition) is 3. The Hall–Kier alpha value is -1.09. The number of carbonyl (C=O) groups excluding carboxylic acids is 1. The third-order valence-electron chi connectivity index (χ3n) is 2.82. The van der Waals surface area contributed by atoms with Crippen LogP contribution in [0.25, 0.3) is 0 Å². The van der Waals surface area contributed by atoms with E-state index in [0.29, 0.717) is 16.5 Å². The molecule has 3 nitrogen and oxygen atoms in total. The van der Waals surface area contributed by atoms with E-state index in [9.17, 15) is 4.79 Å². The first-order valence-electron chi connectivity index (χ1n) is 5.50. The van der Waals surface area contributed by atoms with Crippen LogP contribution in [0.1, 0.15) is 43.0 Å². The van der Waals surface area contributed by atoms with Crippen molar-refractivity contribution < 1.29 is 9.53 Å². The minimum Gasteiger partial charge on any atom is -0.473 e. The molecule has 4 heteroatoms. The number of Topliss-reactive ketones (excluding diaryl/α,β-unsaturated/α-hetero) is 1. The van der Waals surface area contributed by atoms with E-state index in [1.165, 1.54) is 19.8 Å². The minimum absolute atomic E-state index is 0.0660. The van der Waals surface area contributed by atoms with Crippen LogP contribution < -0.4 is 4.74 Å². The van der Waals surface area contributed by atoms with Crippen molar-refractivity contribution >= 4 is 17.4 Å². The second-order valence-corrected chi connectivity index (χ2v) is 4.44. The van der Waals surface area contributed by atoms with E-state index in [1.807, 2.05) is 0 Å². The molecule has 0 amide bonds. The molecule has 1 heterocycles. The molecule has 86 valence electrons. The molecule has 0 atom stereocenters. The summed E-state index contributed by atoms with van der Waals surface area (Å²) in [5.41, 5.74) is 0.477. The Labute approximate surface area is 99.8 Å². The number of aromatic nitrogens is 1. The van der Waals surface area contributed by atoms with E-state index in [-0.39, 0.29) is 11.9 Å². The maximum Gasteiger partial charge on any atom is 0.233 e. The lowest BCUT2D eigenvalue weighted by Gasteiger charge is -2.13. The lowest BCUT2D eigenvalue weighted by atomic mass is 10.2. The van der Waals surface area contributed by atoms with Gasteiger partial charge in [-0.1, -0.05) is 11.6 Å². The number of ketones is 1. The Morgan fingerprint density at radius 2 is 2.19 bits per heavy atom. The first kappa shape index (κ1) is 11.4. The molecule has 0 N–H and O–H groups in total. The Morgan fingerprint density at radius 3 is 2.81 bits per heavy atom. The summed E-state index contributed by atoms with van der Waals surface area (Å²) in [6.45, 7) is 1.49. The van der Waals surface area contributed by atoms with Gasteiger partial charge in [0.25, 0.3) is 0 Å². The zero-order chi connectivity index (χ0) is 11.5. The Balaban J connectivity index is 2.20. The van der Waals surface area contributed by atoms with Crippen LogP contribution >= 0.6 is 11.6 Å². The molecule has 1 fully saturated rings. The quantitative estimate of drug-likeness (QED) is 0.760. The van der Waals surface area contributed by atoms with Crippen LogP contribution in [-0.4, -0.2) is 16.9 Å². The Bertz CT molecular complexity index is 400. The van der Waals surface area contributed by atoms with Crippen molar-refractivity contribution in [1.82, 2.24) is 4.98 Å². The summed E-state index contributed by atoms with van der Waals surface area (Å²) in [5, 5.41) is 0.335. The standard InChI is InChI=1S/C12H14ClNO2/c1-8(15)10-6-7-14-12(11(10)13)16-9-4-2-3-5-9/h6-7,9H,2-5H2,1H3. The van der Waals surface area contributed by atoms with E-state index >= 15 is 0 Å². The van der Waals surface area contributed by atoms with Crippen LogP contribution in [0.5, 0.6) is 5.88 Å². The van der Waals surface area contributed by atoms with Gasteiger partial charge in [0.15, 0.2) is 5.78 Å². The number of carbonyl (C=O) groups is 1. The monoisotopic (exact) mass is 239 g/mol. The van der Waals surface area contributed by atoms with Crippen LogP contribution in [-0.2, 0) is 0 Å². The maximum atomic E-state index is 11.3. The molecule has 0 spiro atoms. The van der Waals surface area contributed by atoms with Gasteiger partial charge in [0.1, 0.15) is 11.1 Å². The fourth-order valence-electron chi connectivity index (χ4n) is 1.94. The van der Waals surface area contributed by atoms with Gasteiger partial charge in [-0.05, 0) is 38.7 Å². The lowest BCUT2D eigenvalue weighted by molar-refractivity contribution is 0.101. The number of hydrogen-bond donors (Lipinski definition) is 0. The van der Waals surface area contributed by atoms with E-state index < -0.39 is 0 Å². The normalized spacial score (nSPS) is 16.4. The molecule has 1 aromatic heterocycles. The number of rotatable bonds is 3. The zero-order valence-corrected chi connectivity index (χ0v) is 9.96. The fraction of sp³-hybridized carbons (Fsp3) is 0.500. The smallest absolute Gasteiger partial charge is 0.233 e. The van der Waals surface area contributed by atoms with Gasteiger partial charge in [-0.3, -0.25) is 4.79 Å². The van der Waals surface area contributed by atoms with Crippen molar-refractivity contribution in [3.63, 3.8) is 0 Å². The molecule has 1 saturated carbocycles. The van der Waals surface area contributed by atoms with Crippen molar-refractivity contribution in [2.24, 2.45) is 0 Å². The molecular formula is C12H14ClNO2. The molecule has 0 radical (unpaired) electrons. The molecule has 0 aliphatic heterocycles. The second kappa shape index (κ2) is 4.83. The predicted octanol–water partition coefficient (Wildman–Crippen LogP) is 3.26. The van der Waals surface area contributed by atoms with Crippen molar-refractivity contribution in [3.8, 4) is 5.88 Å². The number of ether oxygens (including phenoxy) is 1. The van der Waals surface area contributed by atoms with Gasteiger partial charge in [0.05, 0.1) is 0 Å². The van der Waals surface area contributed by atoms with Crippen molar-refractivity contribution in [2.45, 2.75) is 38.7 Å². The van der Waals surface area contributed by atoms with Gasteiger partial charge in [0, 0.05) is 11.8 Å². The van der Waals surface area contributed by atoms with Gasteiger partial charge < -0.3 is 4.74 Å². The van der Waals surface area contributed by atoms with E-state index in [1.54, 1.807) is 12.3 Å². The fourth-order valence-corrected chi connectivity index (χ4v) is 2.23. The highest BCUT2D eigenvalue weighted by atomic mass is 35.5. The van der Waals surface area contributed by atoms with Gasteiger partial charge in [-0.25, -0.2) is 4.98 Å². The minimum atomic E-state index is -0.0660. The maximum absolute atomic E-state index is 11.3. The molecule has 1 aliphatic rings. The summed E-state index contributed by atoms with van der Waals surface area (Å²) in [7, 11) is 0. The highest BCUT2D eigenvalue weighted by molar-refractivity contribution is 6.35. The molecule has 0 aromatic carbocycles. The summed E-state index contributed by atoms with van der Waals surface area (Å²) in [6, 6.07) is 1.62. The summed E-state index contributed by atoms with van der Waals surface area (Å²) in [4.78, 5) is 15.4. The predicted molar refractivity (Wildman–Crippen MR) is 62.1 cm³/mol.